The SMILES string of the molecule is COC1(c2ncc(C(=O)O)[nH]2)CCCC(C)C1. The number of hydrogen-bond donors (Lipinski definition) is 2. The fraction of sp³-hybridized carbons (Fsp3) is 0.667. The minimum atomic E-state index is -0.987. The molecule has 2 atom stereocenters. The number of ether oxygens (including phenoxy) is 1. The molecule has 1 saturated carbocycles. The van der Waals surface area contributed by atoms with E-state index in [2.05, 4.69) is 16.9 Å². The number of H-pyrrole nitrogens is 1. The summed E-state index contributed by atoms with van der Waals surface area (Å²) < 4.78 is 5.64. The van der Waals surface area contributed by atoms with Gasteiger partial charge in [-0.25, -0.2) is 9.78 Å². The summed E-state index contributed by atoms with van der Waals surface area (Å²) >= 11 is 0. The third kappa shape index (κ3) is 2.20. The third-order valence-electron chi connectivity index (χ3n) is 3.58. The first-order chi connectivity index (χ1) is 8.07. The van der Waals surface area contributed by atoms with Gasteiger partial charge in [0.2, 0.25) is 0 Å². The van der Waals surface area contributed by atoms with Gasteiger partial charge in [-0.3, -0.25) is 0 Å². The first-order valence-corrected chi connectivity index (χ1v) is 5.91. The standard InChI is InChI=1S/C12H18N2O3/c1-8-4-3-5-12(6-8,17-2)11-13-7-9(14-11)10(15)16/h7-8H,3-6H2,1-2H3,(H,13,14)(H,15,16). The van der Waals surface area contributed by atoms with E-state index in [9.17, 15) is 4.79 Å². The highest BCUT2D eigenvalue weighted by molar-refractivity contribution is 5.85. The Kier molecular flexibility index (Phi) is 3.19. The number of rotatable bonds is 3. The summed E-state index contributed by atoms with van der Waals surface area (Å²) in [6.07, 6.45) is 5.41. The zero-order valence-corrected chi connectivity index (χ0v) is 10.2. The largest absolute Gasteiger partial charge is 0.477 e. The van der Waals surface area contributed by atoms with Crippen LogP contribution in [0.2, 0.25) is 0 Å². The average Bonchev–Trinajstić information content (AvgIpc) is 2.78. The summed E-state index contributed by atoms with van der Waals surface area (Å²) in [5, 5.41) is 8.89. The molecule has 5 heteroatoms. The van der Waals surface area contributed by atoms with Crippen LogP contribution in [0, 0.1) is 5.92 Å². The molecule has 2 unspecified atom stereocenters. The van der Waals surface area contributed by atoms with Crippen LogP contribution in [0.25, 0.3) is 0 Å². The average molecular weight is 238 g/mol. The van der Waals surface area contributed by atoms with E-state index in [-0.39, 0.29) is 5.69 Å². The van der Waals surface area contributed by atoms with Gasteiger partial charge in [-0.05, 0) is 25.2 Å². The van der Waals surface area contributed by atoms with E-state index in [4.69, 9.17) is 9.84 Å². The van der Waals surface area contributed by atoms with Crippen molar-refractivity contribution >= 4 is 5.97 Å². The minimum Gasteiger partial charge on any atom is -0.477 e. The van der Waals surface area contributed by atoms with E-state index in [1.807, 2.05) is 0 Å². The van der Waals surface area contributed by atoms with Crippen molar-refractivity contribution < 1.29 is 14.6 Å². The molecule has 17 heavy (non-hydrogen) atoms. The number of imidazole rings is 1. The molecule has 1 aromatic heterocycles. The van der Waals surface area contributed by atoms with Crippen molar-refractivity contribution in [1.29, 1.82) is 0 Å². The first-order valence-electron chi connectivity index (χ1n) is 5.91. The monoisotopic (exact) mass is 238 g/mol. The molecule has 0 radical (unpaired) electrons. The number of hydrogen-bond acceptors (Lipinski definition) is 3. The summed E-state index contributed by atoms with van der Waals surface area (Å²) in [5.74, 6) is 0.227. The number of carboxylic acid groups (broad SMARTS) is 1. The molecule has 5 nitrogen and oxygen atoms in total. The number of carboxylic acids is 1. The van der Waals surface area contributed by atoms with Gasteiger partial charge in [0, 0.05) is 7.11 Å². The molecule has 2 N–H and O–H groups in total. The van der Waals surface area contributed by atoms with Crippen molar-refractivity contribution in [2.75, 3.05) is 7.11 Å². The van der Waals surface area contributed by atoms with Crippen LogP contribution in [-0.2, 0) is 10.3 Å². The van der Waals surface area contributed by atoms with Gasteiger partial charge in [-0.15, -0.1) is 0 Å². The Balaban J connectivity index is 2.30. The van der Waals surface area contributed by atoms with Gasteiger partial charge in [0.1, 0.15) is 17.1 Å². The first kappa shape index (κ1) is 12.1. The lowest BCUT2D eigenvalue weighted by Gasteiger charge is -2.37. The zero-order chi connectivity index (χ0) is 12.5. The van der Waals surface area contributed by atoms with Gasteiger partial charge in [0.25, 0.3) is 0 Å². The molecule has 1 aromatic rings. The molecule has 1 fully saturated rings. The van der Waals surface area contributed by atoms with Crippen molar-refractivity contribution in [3.63, 3.8) is 0 Å². The van der Waals surface area contributed by atoms with E-state index < -0.39 is 11.6 Å². The highest BCUT2D eigenvalue weighted by atomic mass is 16.5. The van der Waals surface area contributed by atoms with Crippen LogP contribution in [0.5, 0.6) is 0 Å². The Morgan fingerprint density at radius 1 is 1.71 bits per heavy atom. The molecule has 0 saturated heterocycles. The zero-order valence-electron chi connectivity index (χ0n) is 10.2. The van der Waals surface area contributed by atoms with Gasteiger partial charge in [-0.2, -0.15) is 0 Å². The molecule has 1 heterocycles. The number of carbonyl (C=O) groups is 1. The number of methoxy groups -OCH3 is 1. The van der Waals surface area contributed by atoms with E-state index in [0.717, 1.165) is 19.3 Å². The predicted molar refractivity (Wildman–Crippen MR) is 61.9 cm³/mol. The summed E-state index contributed by atoms with van der Waals surface area (Å²) in [6.45, 7) is 2.19. The maximum Gasteiger partial charge on any atom is 0.353 e. The number of nitrogens with one attached hydrogen (secondary N) is 1. The van der Waals surface area contributed by atoms with Crippen molar-refractivity contribution in [1.82, 2.24) is 9.97 Å². The van der Waals surface area contributed by atoms with Crippen LogP contribution in [0.3, 0.4) is 0 Å². The van der Waals surface area contributed by atoms with E-state index in [0.29, 0.717) is 11.7 Å². The van der Waals surface area contributed by atoms with Gasteiger partial charge in [0.15, 0.2) is 0 Å². The second-order valence-electron chi connectivity index (χ2n) is 4.85. The third-order valence-corrected chi connectivity index (χ3v) is 3.58. The number of aromatic nitrogens is 2. The van der Waals surface area contributed by atoms with Crippen LogP contribution < -0.4 is 0 Å². The predicted octanol–water partition coefficient (Wildman–Crippen LogP) is 2.16. The molecule has 94 valence electrons. The molecule has 1 aliphatic rings. The van der Waals surface area contributed by atoms with Crippen LogP contribution in [0.1, 0.15) is 48.9 Å². The van der Waals surface area contributed by atoms with Crippen LogP contribution in [0.15, 0.2) is 6.20 Å². The Bertz CT molecular complexity index is 416. The minimum absolute atomic E-state index is 0.120. The van der Waals surface area contributed by atoms with Crippen molar-refractivity contribution in [3.8, 4) is 0 Å². The molecule has 0 bridgehead atoms. The Morgan fingerprint density at radius 2 is 2.47 bits per heavy atom. The topological polar surface area (TPSA) is 75.2 Å². The quantitative estimate of drug-likeness (QED) is 0.846. The second kappa shape index (κ2) is 4.49. The van der Waals surface area contributed by atoms with E-state index in [1.165, 1.54) is 12.6 Å². The normalized spacial score (nSPS) is 29.2. The summed E-state index contributed by atoms with van der Waals surface area (Å²) in [7, 11) is 1.67. The summed E-state index contributed by atoms with van der Waals surface area (Å²) in [5.41, 5.74) is -0.319. The Morgan fingerprint density at radius 3 is 3.00 bits per heavy atom. The number of aromatic carboxylic acids is 1. The number of aromatic amines is 1. The van der Waals surface area contributed by atoms with E-state index in [1.54, 1.807) is 7.11 Å². The van der Waals surface area contributed by atoms with Crippen LogP contribution in [-0.4, -0.2) is 28.2 Å². The maximum absolute atomic E-state index is 10.8. The van der Waals surface area contributed by atoms with Crippen molar-refractivity contribution in [2.45, 2.75) is 38.2 Å². The molecule has 0 amide bonds. The molecule has 0 spiro atoms. The Labute approximate surface area is 100 Å². The lowest BCUT2D eigenvalue weighted by Crippen LogP contribution is -2.35. The van der Waals surface area contributed by atoms with Gasteiger partial charge in [-0.1, -0.05) is 13.3 Å². The summed E-state index contributed by atoms with van der Waals surface area (Å²) in [6, 6.07) is 0. The van der Waals surface area contributed by atoms with Gasteiger partial charge < -0.3 is 14.8 Å². The molecule has 0 aromatic carbocycles. The molecule has 0 aliphatic heterocycles. The highest BCUT2D eigenvalue weighted by Crippen LogP contribution is 2.41. The maximum atomic E-state index is 10.8. The second-order valence-corrected chi connectivity index (χ2v) is 4.85. The fourth-order valence-corrected chi connectivity index (χ4v) is 2.66. The van der Waals surface area contributed by atoms with Crippen LogP contribution >= 0.6 is 0 Å². The summed E-state index contributed by atoms with van der Waals surface area (Å²) in [4.78, 5) is 17.9. The lowest BCUT2D eigenvalue weighted by atomic mass is 9.78. The van der Waals surface area contributed by atoms with Crippen molar-refractivity contribution in [2.24, 2.45) is 5.92 Å². The van der Waals surface area contributed by atoms with Crippen LogP contribution in [0.4, 0.5) is 0 Å². The molecule has 2 rings (SSSR count). The smallest absolute Gasteiger partial charge is 0.353 e. The molecular formula is C12H18N2O3. The number of nitrogens with zero attached hydrogens (tertiary/aromatic N) is 1. The van der Waals surface area contributed by atoms with Gasteiger partial charge in [0.05, 0.1) is 6.20 Å². The van der Waals surface area contributed by atoms with Crippen molar-refractivity contribution in [3.05, 3.63) is 17.7 Å². The Hall–Kier alpha value is -1.36. The molecule has 1 aliphatic carbocycles. The van der Waals surface area contributed by atoms with E-state index >= 15 is 0 Å². The fourth-order valence-electron chi connectivity index (χ4n) is 2.66. The molecular weight excluding hydrogens is 220 g/mol. The highest BCUT2D eigenvalue weighted by Gasteiger charge is 2.39. The van der Waals surface area contributed by atoms with Gasteiger partial charge >= 0.3 is 5.97 Å². The lowest BCUT2D eigenvalue weighted by molar-refractivity contribution is -0.0640.